The fourth-order valence-electron chi connectivity index (χ4n) is 2.98. The number of fused-ring (bicyclic) bond motifs is 1. The minimum Gasteiger partial charge on any atom is -0.437 e. The van der Waals surface area contributed by atoms with E-state index in [0.717, 1.165) is 12.1 Å². The molecular formula is C22H13Cl2F3N4O2. The van der Waals surface area contributed by atoms with E-state index in [1.54, 1.807) is 42.5 Å². The molecule has 4 rings (SSSR count). The molecule has 3 aromatic carbocycles. The van der Waals surface area contributed by atoms with Gasteiger partial charge in [0.1, 0.15) is 5.75 Å². The highest BCUT2D eigenvalue weighted by Crippen LogP contribution is 2.36. The Balaban J connectivity index is 1.49. The molecule has 6 nitrogen and oxygen atoms in total. The van der Waals surface area contributed by atoms with E-state index in [1.807, 2.05) is 0 Å². The van der Waals surface area contributed by atoms with Crippen molar-refractivity contribution in [1.82, 2.24) is 10.2 Å². The van der Waals surface area contributed by atoms with Gasteiger partial charge in [-0.25, -0.2) is 4.79 Å². The second-order valence-electron chi connectivity index (χ2n) is 6.74. The highest BCUT2D eigenvalue weighted by atomic mass is 35.5. The zero-order valence-corrected chi connectivity index (χ0v) is 18.0. The van der Waals surface area contributed by atoms with Gasteiger partial charge in [0, 0.05) is 28.2 Å². The third-order valence-electron chi connectivity index (χ3n) is 4.44. The fraction of sp³-hybridized carbons (Fsp3) is 0.0455. The Morgan fingerprint density at radius 2 is 1.55 bits per heavy atom. The molecule has 2 amide bonds. The lowest BCUT2D eigenvalue weighted by atomic mass is 10.2. The van der Waals surface area contributed by atoms with Gasteiger partial charge in [0.25, 0.3) is 0 Å². The maximum atomic E-state index is 13.0. The van der Waals surface area contributed by atoms with Crippen LogP contribution in [0.3, 0.4) is 0 Å². The summed E-state index contributed by atoms with van der Waals surface area (Å²) in [5.74, 6) is 0.567. The molecule has 0 radical (unpaired) electrons. The van der Waals surface area contributed by atoms with Gasteiger partial charge < -0.3 is 15.4 Å². The number of ether oxygens (including phenoxy) is 1. The number of benzene rings is 3. The Morgan fingerprint density at radius 3 is 2.27 bits per heavy atom. The van der Waals surface area contributed by atoms with Crippen LogP contribution in [-0.2, 0) is 6.18 Å². The summed E-state index contributed by atoms with van der Waals surface area (Å²) in [6, 6.07) is 15.9. The van der Waals surface area contributed by atoms with Crippen LogP contribution in [-0.4, -0.2) is 16.2 Å². The number of rotatable bonds is 4. The topological polar surface area (TPSA) is 76.1 Å². The van der Waals surface area contributed by atoms with Gasteiger partial charge in [-0.2, -0.15) is 13.2 Å². The third-order valence-corrected chi connectivity index (χ3v) is 5.05. The Kier molecular flexibility index (Phi) is 6.26. The molecule has 0 aliphatic rings. The Morgan fingerprint density at radius 1 is 0.848 bits per heavy atom. The van der Waals surface area contributed by atoms with Crippen LogP contribution in [0.5, 0.6) is 11.6 Å². The number of carbonyl (C=O) groups excluding carboxylic acids is 1. The highest BCUT2D eigenvalue weighted by molar-refractivity contribution is 6.34. The van der Waals surface area contributed by atoms with Crippen LogP contribution >= 0.6 is 23.2 Å². The van der Waals surface area contributed by atoms with Crippen LogP contribution < -0.4 is 15.4 Å². The van der Waals surface area contributed by atoms with Gasteiger partial charge in [-0.1, -0.05) is 47.5 Å². The predicted octanol–water partition coefficient (Wildman–Crippen LogP) is 7.39. The van der Waals surface area contributed by atoms with Crippen LogP contribution in [0, 0.1) is 0 Å². The SMILES string of the molecule is O=C(Nc1cccc(Oc2nnc(Cl)c3ccccc23)c1)Nc1ccc(Cl)c(C(F)(F)F)c1. The van der Waals surface area contributed by atoms with Crippen molar-refractivity contribution in [2.45, 2.75) is 6.18 Å². The lowest BCUT2D eigenvalue weighted by molar-refractivity contribution is -0.137. The summed E-state index contributed by atoms with van der Waals surface area (Å²) in [5, 5.41) is 13.8. The number of hydrogen-bond donors (Lipinski definition) is 2. The van der Waals surface area contributed by atoms with E-state index in [2.05, 4.69) is 20.8 Å². The van der Waals surface area contributed by atoms with Gasteiger partial charge >= 0.3 is 12.2 Å². The van der Waals surface area contributed by atoms with Crippen molar-refractivity contribution in [1.29, 1.82) is 0 Å². The number of aromatic nitrogens is 2. The summed E-state index contributed by atoms with van der Waals surface area (Å²) in [4.78, 5) is 12.3. The second kappa shape index (κ2) is 9.13. The fourth-order valence-corrected chi connectivity index (χ4v) is 3.41. The van der Waals surface area contributed by atoms with Crippen LogP contribution in [0.1, 0.15) is 5.56 Å². The normalized spacial score (nSPS) is 11.3. The summed E-state index contributed by atoms with van der Waals surface area (Å²) in [5.41, 5.74) is -0.783. The van der Waals surface area contributed by atoms with Gasteiger partial charge in [-0.15, -0.1) is 10.2 Å². The molecule has 0 saturated heterocycles. The van der Waals surface area contributed by atoms with Gasteiger partial charge in [-0.05, 0) is 36.4 Å². The van der Waals surface area contributed by atoms with E-state index < -0.39 is 22.8 Å². The van der Waals surface area contributed by atoms with Crippen molar-refractivity contribution in [2.75, 3.05) is 10.6 Å². The van der Waals surface area contributed by atoms with Crippen molar-refractivity contribution in [3.05, 3.63) is 82.5 Å². The van der Waals surface area contributed by atoms with Crippen molar-refractivity contribution in [3.8, 4) is 11.6 Å². The summed E-state index contributed by atoms with van der Waals surface area (Å²) >= 11 is 11.7. The summed E-state index contributed by atoms with van der Waals surface area (Å²) in [6.07, 6.45) is -4.65. The van der Waals surface area contributed by atoms with Crippen molar-refractivity contribution in [2.24, 2.45) is 0 Å². The van der Waals surface area contributed by atoms with Gasteiger partial charge in [0.2, 0.25) is 5.88 Å². The molecule has 4 aromatic rings. The zero-order valence-electron chi connectivity index (χ0n) is 16.5. The number of halogens is 5. The number of amides is 2. The minimum atomic E-state index is -4.65. The maximum Gasteiger partial charge on any atom is 0.417 e. The molecule has 0 aliphatic carbocycles. The molecule has 0 atom stereocenters. The van der Waals surface area contributed by atoms with E-state index >= 15 is 0 Å². The minimum absolute atomic E-state index is 0.0699. The van der Waals surface area contributed by atoms with Crippen LogP contribution in [0.2, 0.25) is 10.2 Å². The Hall–Kier alpha value is -3.56. The molecule has 11 heteroatoms. The number of nitrogens with zero attached hydrogens (tertiary/aromatic N) is 2. The highest BCUT2D eigenvalue weighted by Gasteiger charge is 2.33. The summed E-state index contributed by atoms with van der Waals surface area (Å²) in [6.45, 7) is 0. The van der Waals surface area contributed by atoms with Crippen LogP contribution in [0.15, 0.2) is 66.7 Å². The lowest BCUT2D eigenvalue weighted by Gasteiger charge is -2.13. The Bertz CT molecular complexity index is 1350. The molecule has 0 fully saturated rings. The van der Waals surface area contributed by atoms with E-state index in [9.17, 15) is 18.0 Å². The molecule has 0 spiro atoms. The summed E-state index contributed by atoms with van der Waals surface area (Å²) < 4.78 is 44.8. The smallest absolute Gasteiger partial charge is 0.417 e. The Labute approximate surface area is 195 Å². The van der Waals surface area contributed by atoms with E-state index in [1.165, 1.54) is 12.1 Å². The van der Waals surface area contributed by atoms with Crippen LogP contribution in [0.4, 0.5) is 29.3 Å². The third kappa shape index (κ3) is 5.27. The monoisotopic (exact) mass is 492 g/mol. The number of anilines is 2. The number of carbonyl (C=O) groups is 1. The van der Waals surface area contributed by atoms with Gasteiger partial charge in [0.15, 0.2) is 5.15 Å². The molecule has 168 valence electrons. The molecule has 1 heterocycles. The average molecular weight is 493 g/mol. The van der Waals surface area contributed by atoms with E-state index in [4.69, 9.17) is 27.9 Å². The number of alkyl halides is 3. The molecule has 2 N–H and O–H groups in total. The van der Waals surface area contributed by atoms with E-state index in [-0.39, 0.29) is 16.7 Å². The number of nitrogens with one attached hydrogen (secondary N) is 2. The molecule has 0 saturated carbocycles. The van der Waals surface area contributed by atoms with Crippen molar-refractivity contribution in [3.63, 3.8) is 0 Å². The first-order chi connectivity index (χ1) is 15.7. The second-order valence-corrected chi connectivity index (χ2v) is 7.51. The molecule has 0 bridgehead atoms. The molecular weight excluding hydrogens is 480 g/mol. The molecule has 0 aliphatic heterocycles. The lowest BCUT2D eigenvalue weighted by Crippen LogP contribution is -2.20. The quantitative estimate of drug-likeness (QED) is 0.311. The molecule has 33 heavy (non-hydrogen) atoms. The largest absolute Gasteiger partial charge is 0.437 e. The average Bonchev–Trinajstić information content (AvgIpc) is 2.77. The van der Waals surface area contributed by atoms with Gasteiger partial charge in [0.05, 0.1) is 10.6 Å². The van der Waals surface area contributed by atoms with Crippen molar-refractivity contribution < 1.29 is 22.7 Å². The predicted molar refractivity (Wildman–Crippen MR) is 120 cm³/mol. The number of urea groups is 1. The van der Waals surface area contributed by atoms with Gasteiger partial charge in [-0.3, -0.25) is 0 Å². The number of hydrogen-bond acceptors (Lipinski definition) is 4. The molecule has 1 aromatic heterocycles. The molecule has 0 unspecified atom stereocenters. The van der Waals surface area contributed by atoms with Crippen LogP contribution in [0.25, 0.3) is 10.8 Å². The maximum absolute atomic E-state index is 13.0. The van der Waals surface area contributed by atoms with E-state index in [0.29, 0.717) is 22.2 Å². The van der Waals surface area contributed by atoms with Crippen molar-refractivity contribution >= 4 is 51.4 Å². The summed E-state index contributed by atoms with van der Waals surface area (Å²) in [7, 11) is 0. The standard InChI is InChI=1S/C22H13Cl2F3N4O2/c23-18-9-8-13(11-17(18)22(25,26)27)29-21(32)28-12-4-3-5-14(10-12)33-20-16-7-2-1-6-15(16)19(24)30-31-20/h1-11H,(H2,28,29,32). The first-order valence-electron chi connectivity index (χ1n) is 9.34. The first-order valence-corrected chi connectivity index (χ1v) is 10.1. The first kappa shape index (κ1) is 22.6. The zero-order chi connectivity index (χ0) is 23.6.